The molecule has 0 bridgehead atoms. The number of tetrazole rings is 1. The van der Waals surface area contributed by atoms with Gasteiger partial charge in [0.2, 0.25) is 0 Å². The molecule has 1 N–H and O–H groups in total. The summed E-state index contributed by atoms with van der Waals surface area (Å²) in [7, 11) is 0. The van der Waals surface area contributed by atoms with E-state index in [-0.39, 0.29) is 0 Å². The summed E-state index contributed by atoms with van der Waals surface area (Å²) in [5.41, 5.74) is 3.26. The number of benzene rings is 1. The highest BCUT2D eigenvalue weighted by Gasteiger charge is 2.03. The van der Waals surface area contributed by atoms with E-state index in [1.807, 2.05) is 11.8 Å². The number of aromatic nitrogens is 4. The number of hydrogen-bond donors (Lipinski definition) is 1. The Bertz CT molecular complexity index is 483. The minimum Gasteiger partial charge on any atom is -0.385 e. The first-order valence-corrected chi connectivity index (χ1v) is 7.27. The van der Waals surface area contributed by atoms with Crippen molar-refractivity contribution in [1.29, 1.82) is 0 Å². The molecule has 6 heteroatoms. The number of nitrogens with zero attached hydrogens (tertiary/aromatic N) is 4. The summed E-state index contributed by atoms with van der Waals surface area (Å²) in [6.07, 6.45) is 4.90. The van der Waals surface area contributed by atoms with Crippen molar-refractivity contribution >= 4 is 17.4 Å². The van der Waals surface area contributed by atoms with Gasteiger partial charge in [-0.3, -0.25) is 0 Å². The van der Waals surface area contributed by atoms with Gasteiger partial charge in [-0.15, -0.1) is 5.10 Å². The average molecular weight is 263 g/mol. The molecule has 1 heterocycles. The third kappa shape index (κ3) is 3.22. The number of aryl methyl sites for hydroxylation is 1. The van der Waals surface area contributed by atoms with E-state index in [0.29, 0.717) is 0 Å². The molecule has 0 radical (unpaired) electrons. The molecule has 0 aliphatic rings. The van der Waals surface area contributed by atoms with Crippen LogP contribution in [0.5, 0.6) is 0 Å². The first-order chi connectivity index (χ1) is 8.81. The number of rotatable bonds is 6. The zero-order valence-electron chi connectivity index (χ0n) is 10.6. The van der Waals surface area contributed by atoms with Crippen molar-refractivity contribution in [3.63, 3.8) is 0 Å². The number of nitrogens with one attached hydrogen (secondary N) is 1. The molecule has 0 fully saturated rings. The van der Waals surface area contributed by atoms with Crippen LogP contribution in [0.15, 0.2) is 24.5 Å². The van der Waals surface area contributed by atoms with Crippen LogP contribution in [0.2, 0.25) is 0 Å². The van der Waals surface area contributed by atoms with Gasteiger partial charge in [-0.1, -0.05) is 6.07 Å². The highest BCUT2D eigenvalue weighted by Crippen LogP contribution is 2.18. The quantitative estimate of drug-likeness (QED) is 0.809. The van der Waals surface area contributed by atoms with Crippen molar-refractivity contribution in [2.75, 3.05) is 23.9 Å². The van der Waals surface area contributed by atoms with E-state index in [9.17, 15) is 0 Å². The largest absolute Gasteiger partial charge is 0.385 e. The number of thioether (sulfide) groups is 1. The highest BCUT2D eigenvalue weighted by atomic mass is 32.2. The number of anilines is 1. The minimum absolute atomic E-state index is 0.985. The molecule has 0 aliphatic carbocycles. The fourth-order valence-electron chi connectivity index (χ4n) is 1.69. The second-order valence-electron chi connectivity index (χ2n) is 4.03. The molecular weight excluding hydrogens is 246 g/mol. The van der Waals surface area contributed by atoms with Crippen molar-refractivity contribution in [1.82, 2.24) is 20.2 Å². The lowest BCUT2D eigenvalue weighted by Crippen LogP contribution is -2.04. The van der Waals surface area contributed by atoms with Gasteiger partial charge in [0, 0.05) is 12.2 Å². The second-order valence-corrected chi connectivity index (χ2v) is 5.01. The van der Waals surface area contributed by atoms with Crippen molar-refractivity contribution in [2.45, 2.75) is 13.3 Å². The SMILES string of the molecule is CSCCCNc1ccc(C)c(-n2cnnn2)c1. The van der Waals surface area contributed by atoms with Crippen molar-refractivity contribution < 1.29 is 0 Å². The topological polar surface area (TPSA) is 55.6 Å². The Morgan fingerprint density at radius 2 is 2.28 bits per heavy atom. The van der Waals surface area contributed by atoms with Crippen LogP contribution >= 0.6 is 11.8 Å². The van der Waals surface area contributed by atoms with Crippen LogP contribution in [-0.4, -0.2) is 38.8 Å². The molecule has 0 saturated heterocycles. The minimum atomic E-state index is 0.985. The maximum Gasteiger partial charge on any atom is 0.143 e. The Morgan fingerprint density at radius 3 is 3.00 bits per heavy atom. The standard InChI is InChI=1S/C12H17N5S/c1-10-4-5-11(13-6-3-7-18-2)8-12(10)17-9-14-15-16-17/h4-5,8-9,13H,3,6-7H2,1-2H3. The molecule has 1 aromatic heterocycles. The summed E-state index contributed by atoms with van der Waals surface area (Å²) in [6.45, 7) is 3.04. The predicted molar refractivity (Wildman–Crippen MR) is 75.4 cm³/mol. The van der Waals surface area contributed by atoms with Gasteiger partial charge in [0.05, 0.1) is 5.69 Å². The van der Waals surface area contributed by atoms with Gasteiger partial charge in [0.1, 0.15) is 6.33 Å². The van der Waals surface area contributed by atoms with Crippen LogP contribution in [-0.2, 0) is 0 Å². The van der Waals surface area contributed by atoms with E-state index in [1.54, 1.807) is 11.0 Å². The van der Waals surface area contributed by atoms with Gasteiger partial charge < -0.3 is 5.32 Å². The zero-order valence-corrected chi connectivity index (χ0v) is 11.4. The first kappa shape index (κ1) is 12.9. The molecule has 2 aromatic rings. The van der Waals surface area contributed by atoms with Crippen LogP contribution in [0, 0.1) is 6.92 Å². The highest BCUT2D eigenvalue weighted by molar-refractivity contribution is 7.98. The molecule has 0 spiro atoms. The van der Waals surface area contributed by atoms with Crippen molar-refractivity contribution in [2.24, 2.45) is 0 Å². The van der Waals surface area contributed by atoms with E-state index < -0.39 is 0 Å². The summed E-state index contributed by atoms with van der Waals surface area (Å²) < 4.78 is 1.68. The zero-order chi connectivity index (χ0) is 12.8. The molecule has 0 saturated carbocycles. The van der Waals surface area contributed by atoms with Crippen molar-refractivity contribution in [3.05, 3.63) is 30.1 Å². The molecule has 5 nitrogen and oxygen atoms in total. The Kier molecular flexibility index (Phi) is 4.58. The third-order valence-electron chi connectivity index (χ3n) is 2.66. The maximum atomic E-state index is 3.92. The van der Waals surface area contributed by atoms with E-state index in [0.717, 1.165) is 29.9 Å². The Morgan fingerprint density at radius 1 is 1.39 bits per heavy atom. The smallest absolute Gasteiger partial charge is 0.143 e. The molecule has 18 heavy (non-hydrogen) atoms. The molecule has 0 unspecified atom stereocenters. The summed E-state index contributed by atoms with van der Waals surface area (Å²) >= 11 is 1.87. The third-order valence-corrected chi connectivity index (χ3v) is 3.36. The fraction of sp³-hybridized carbons (Fsp3) is 0.417. The summed E-state index contributed by atoms with van der Waals surface area (Å²) in [5.74, 6) is 1.18. The van der Waals surface area contributed by atoms with Crippen molar-refractivity contribution in [3.8, 4) is 5.69 Å². The van der Waals surface area contributed by atoms with Crippen LogP contribution < -0.4 is 5.32 Å². The van der Waals surface area contributed by atoms with E-state index in [1.165, 1.54) is 5.75 Å². The van der Waals surface area contributed by atoms with Gasteiger partial charge in [-0.05, 0) is 53.5 Å². The van der Waals surface area contributed by atoms with E-state index in [4.69, 9.17) is 0 Å². The van der Waals surface area contributed by atoms with Crippen LogP contribution in [0.4, 0.5) is 5.69 Å². The Labute approximate surface area is 111 Å². The second kappa shape index (κ2) is 6.39. The van der Waals surface area contributed by atoms with Gasteiger partial charge in [0.15, 0.2) is 0 Å². The van der Waals surface area contributed by atoms with E-state index in [2.05, 4.69) is 52.2 Å². The first-order valence-electron chi connectivity index (χ1n) is 5.88. The lowest BCUT2D eigenvalue weighted by Gasteiger charge is -2.10. The van der Waals surface area contributed by atoms with Gasteiger partial charge in [-0.2, -0.15) is 11.8 Å². The van der Waals surface area contributed by atoms with Gasteiger partial charge in [0.25, 0.3) is 0 Å². The van der Waals surface area contributed by atoms with Gasteiger partial charge >= 0.3 is 0 Å². The summed E-state index contributed by atoms with van der Waals surface area (Å²) in [4.78, 5) is 0. The Hall–Kier alpha value is -1.56. The molecular formula is C12H17N5S. The summed E-state index contributed by atoms with van der Waals surface area (Å²) in [6, 6.07) is 6.24. The maximum absolute atomic E-state index is 3.92. The molecule has 0 aliphatic heterocycles. The van der Waals surface area contributed by atoms with Crippen LogP contribution in [0.25, 0.3) is 5.69 Å². The lowest BCUT2D eigenvalue weighted by atomic mass is 10.2. The van der Waals surface area contributed by atoms with Gasteiger partial charge in [-0.25, -0.2) is 4.68 Å². The summed E-state index contributed by atoms with van der Waals surface area (Å²) in [5, 5.41) is 14.7. The van der Waals surface area contributed by atoms with Crippen LogP contribution in [0.3, 0.4) is 0 Å². The fourth-order valence-corrected chi connectivity index (χ4v) is 2.12. The molecule has 96 valence electrons. The monoisotopic (exact) mass is 263 g/mol. The molecule has 2 rings (SSSR count). The Balaban J connectivity index is 2.07. The molecule has 0 atom stereocenters. The normalized spacial score (nSPS) is 10.6. The van der Waals surface area contributed by atoms with Crippen LogP contribution in [0.1, 0.15) is 12.0 Å². The lowest BCUT2D eigenvalue weighted by molar-refractivity contribution is 0.785. The molecule has 1 aromatic carbocycles. The predicted octanol–water partition coefficient (Wildman–Crippen LogP) is 2.14. The molecule has 0 amide bonds. The average Bonchev–Trinajstić information content (AvgIpc) is 2.90. The van der Waals surface area contributed by atoms with E-state index >= 15 is 0 Å². The number of hydrogen-bond acceptors (Lipinski definition) is 5.